The number of aromatic amines is 1. The summed E-state index contributed by atoms with van der Waals surface area (Å²) in [6, 6.07) is 7.31. The summed E-state index contributed by atoms with van der Waals surface area (Å²) in [6.45, 7) is 5.70. The van der Waals surface area contributed by atoms with Crippen LogP contribution in [0.4, 0.5) is 11.4 Å². The largest absolute Gasteiger partial charge is 0.375 e. The van der Waals surface area contributed by atoms with E-state index in [0.717, 1.165) is 40.9 Å². The molecule has 0 saturated heterocycles. The first-order valence-corrected chi connectivity index (χ1v) is 10.4. The molecule has 0 fully saturated rings. The van der Waals surface area contributed by atoms with Crippen LogP contribution in [0, 0.1) is 5.92 Å². The normalized spacial score (nSPS) is 17.2. The molecule has 146 valence electrons. The third-order valence-corrected chi connectivity index (χ3v) is 6.31. The Morgan fingerprint density at radius 2 is 2.14 bits per heavy atom. The van der Waals surface area contributed by atoms with E-state index in [9.17, 15) is 9.59 Å². The lowest BCUT2D eigenvalue weighted by Gasteiger charge is -2.17. The van der Waals surface area contributed by atoms with Gasteiger partial charge in [0.05, 0.1) is 11.4 Å². The van der Waals surface area contributed by atoms with E-state index in [1.807, 2.05) is 31.2 Å². The first-order valence-electron chi connectivity index (χ1n) is 9.59. The molecule has 2 atom stereocenters. The number of carbonyl (C=O) groups excluding carboxylic acids is 1. The molecule has 3 N–H and O–H groups in total. The van der Waals surface area contributed by atoms with Crippen LogP contribution in [0.2, 0.25) is 0 Å². The molecule has 4 rings (SSSR count). The molecule has 0 unspecified atom stereocenters. The molecular weight excluding hydrogens is 372 g/mol. The van der Waals surface area contributed by atoms with Gasteiger partial charge in [-0.1, -0.05) is 13.0 Å². The highest BCUT2D eigenvalue weighted by molar-refractivity contribution is 7.18. The van der Waals surface area contributed by atoms with E-state index in [4.69, 9.17) is 4.98 Å². The van der Waals surface area contributed by atoms with Crippen molar-refractivity contribution >= 4 is 38.8 Å². The van der Waals surface area contributed by atoms with Crippen LogP contribution in [0.15, 0.2) is 29.1 Å². The average molecular weight is 397 g/mol. The van der Waals surface area contributed by atoms with Crippen molar-refractivity contribution < 1.29 is 4.79 Å². The fourth-order valence-electron chi connectivity index (χ4n) is 3.78. The molecule has 2 aromatic heterocycles. The van der Waals surface area contributed by atoms with Crippen molar-refractivity contribution in [1.82, 2.24) is 9.97 Å². The van der Waals surface area contributed by atoms with Crippen molar-refractivity contribution in [1.29, 1.82) is 0 Å². The van der Waals surface area contributed by atoms with Gasteiger partial charge < -0.3 is 15.6 Å². The van der Waals surface area contributed by atoms with Gasteiger partial charge in [-0.2, -0.15) is 0 Å². The highest BCUT2D eigenvalue weighted by atomic mass is 32.1. The molecule has 7 heteroatoms. The van der Waals surface area contributed by atoms with Crippen molar-refractivity contribution in [3.05, 3.63) is 50.9 Å². The van der Waals surface area contributed by atoms with Gasteiger partial charge in [-0.25, -0.2) is 4.98 Å². The van der Waals surface area contributed by atoms with Crippen LogP contribution in [0.5, 0.6) is 0 Å². The molecule has 6 nitrogen and oxygen atoms in total. The maximum absolute atomic E-state index is 12.8. The second kappa shape index (κ2) is 7.39. The van der Waals surface area contributed by atoms with Crippen LogP contribution in [-0.2, 0) is 17.6 Å². The number of amides is 1. The number of fused-ring (bicyclic) bond motifs is 3. The van der Waals surface area contributed by atoms with Gasteiger partial charge in [-0.15, -0.1) is 11.3 Å². The van der Waals surface area contributed by atoms with E-state index >= 15 is 0 Å². The maximum atomic E-state index is 12.8. The number of carbonyl (C=O) groups is 1. The number of benzene rings is 1. The molecule has 28 heavy (non-hydrogen) atoms. The molecule has 0 aliphatic heterocycles. The van der Waals surface area contributed by atoms with Gasteiger partial charge in [-0.3, -0.25) is 9.59 Å². The summed E-state index contributed by atoms with van der Waals surface area (Å²) in [5.74, 6) is 1.17. The van der Waals surface area contributed by atoms with Crippen molar-refractivity contribution in [2.24, 2.45) is 5.92 Å². The predicted molar refractivity (Wildman–Crippen MR) is 114 cm³/mol. The van der Waals surface area contributed by atoms with Crippen LogP contribution in [0.1, 0.15) is 49.5 Å². The van der Waals surface area contributed by atoms with E-state index in [1.165, 1.54) is 17.4 Å². The lowest BCUT2D eigenvalue weighted by Crippen LogP contribution is -2.18. The van der Waals surface area contributed by atoms with Crippen LogP contribution in [-0.4, -0.2) is 15.9 Å². The minimum Gasteiger partial charge on any atom is -0.375 e. The minimum atomic E-state index is -0.178. The zero-order valence-corrected chi connectivity index (χ0v) is 17.1. The average Bonchev–Trinajstić information content (AvgIpc) is 2.99. The summed E-state index contributed by atoms with van der Waals surface area (Å²) in [7, 11) is 0. The second-order valence-corrected chi connectivity index (χ2v) is 8.69. The fourth-order valence-corrected chi connectivity index (χ4v) is 5.17. The van der Waals surface area contributed by atoms with Crippen LogP contribution >= 0.6 is 11.3 Å². The third-order valence-electron chi connectivity index (χ3n) is 5.16. The smallest absolute Gasteiger partial charge is 0.259 e. The molecule has 1 aliphatic rings. The number of nitrogens with one attached hydrogen (secondary N) is 3. The van der Waals surface area contributed by atoms with Crippen molar-refractivity contribution in [3.63, 3.8) is 0 Å². The number of hydrogen-bond acceptors (Lipinski definition) is 5. The van der Waals surface area contributed by atoms with E-state index < -0.39 is 0 Å². The Morgan fingerprint density at radius 3 is 2.93 bits per heavy atom. The van der Waals surface area contributed by atoms with Crippen molar-refractivity contribution in [2.75, 3.05) is 10.6 Å². The first kappa shape index (κ1) is 18.7. The van der Waals surface area contributed by atoms with E-state index in [-0.39, 0.29) is 17.5 Å². The topological polar surface area (TPSA) is 86.9 Å². The molecule has 0 spiro atoms. The summed E-state index contributed by atoms with van der Waals surface area (Å²) >= 11 is 1.66. The fraction of sp³-hybridized carbons (Fsp3) is 0.381. The second-order valence-electron chi connectivity index (χ2n) is 7.61. The number of hydrogen-bond donors (Lipinski definition) is 3. The lowest BCUT2D eigenvalue weighted by atomic mass is 9.89. The zero-order chi connectivity index (χ0) is 19.8. The Bertz CT molecular complexity index is 1100. The number of aromatic nitrogens is 2. The molecule has 1 aromatic carbocycles. The van der Waals surface area contributed by atoms with Gasteiger partial charge in [0.2, 0.25) is 5.91 Å². The maximum Gasteiger partial charge on any atom is 0.259 e. The summed E-state index contributed by atoms with van der Waals surface area (Å²) in [5.41, 5.74) is 2.72. The minimum absolute atomic E-state index is 0.0484. The molecular formula is C21H24N4O2S. The number of aryl methyl sites for hydroxylation is 1. The number of H-pyrrole nitrogens is 1. The molecule has 0 radical (unpaired) electrons. The molecule has 1 aliphatic carbocycles. The Hall–Kier alpha value is -2.67. The van der Waals surface area contributed by atoms with E-state index in [0.29, 0.717) is 11.7 Å². The highest BCUT2D eigenvalue weighted by Crippen LogP contribution is 2.36. The summed E-state index contributed by atoms with van der Waals surface area (Å²) in [6.07, 6.45) is 3.13. The monoisotopic (exact) mass is 396 g/mol. The Kier molecular flexibility index (Phi) is 4.93. The number of anilines is 2. The Labute approximate surface area is 167 Å². The number of thiophene rings is 1. The quantitative estimate of drug-likeness (QED) is 0.616. The van der Waals surface area contributed by atoms with Gasteiger partial charge >= 0.3 is 0 Å². The van der Waals surface area contributed by atoms with Gasteiger partial charge in [-0.05, 0) is 55.9 Å². The highest BCUT2D eigenvalue weighted by Gasteiger charge is 2.23. The van der Waals surface area contributed by atoms with E-state index in [1.54, 1.807) is 11.3 Å². The van der Waals surface area contributed by atoms with Crippen LogP contribution < -0.4 is 16.2 Å². The number of nitrogens with zero attached hydrogens (tertiary/aromatic N) is 1. The molecule has 0 saturated carbocycles. The third kappa shape index (κ3) is 3.67. The van der Waals surface area contributed by atoms with Crippen LogP contribution in [0.3, 0.4) is 0 Å². The van der Waals surface area contributed by atoms with E-state index in [2.05, 4.69) is 22.5 Å². The van der Waals surface area contributed by atoms with Gasteiger partial charge in [0, 0.05) is 23.2 Å². The molecule has 3 aromatic rings. The Balaban J connectivity index is 1.62. The van der Waals surface area contributed by atoms with Gasteiger partial charge in [0.1, 0.15) is 10.7 Å². The van der Waals surface area contributed by atoms with Crippen molar-refractivity contribution in [3.8, 4) is 0 Å². The lowest BCUT2D eigenvalue weighted by molar-refractivity contribution is -0.114. The molecule has 1 amide bonds. The Morgan fingerprint density at radius 1 is 1.36 bits per heavy atom. The van der Waals surface area contributed by atoms with Crippen LogP contribution in [0.25, 0.3) is 10.2 Å². The zero-order valence-electron chi connectivity index (χ0n) is 16.3. The SMILES string of the molecule is CC(=O)Nc1cccc(N[C@H](C)c2nc3sc4c(c3c(=O)[nH]2)CC[C@H](C)C4)c1. The summed E-state index contributed by atoms with van der Waals surface area (Å²) < 4.78 is 0. The van der Waals surface area contributed by atoms with Gasteiger partial charge in [0.15, 0.2) is 0 Å². The summed E-state index contributed by atoms with van der Waals surface area (Å²) in [5, 5.41) is 6.90. The predicted octanol–water partition coefficient (Wildman–Crippen LogP) is 4.24. The molecule has 2 heterocycles. The summed E-state index contributed by atoms with van der Waals surface area (Å²) in [4.78, 5) is 33.9. The molecule has 0 bridgehead atoms. The van der Waals surface area contributed by atoms with Crippen molar-refractivity contribution in [2.45, 2.75) is 46.1 Å². The standard InChI is InChI=1S/C21H24N4O2S/c1-11-7-8-16-17(9-11)28-21-18(16)20(27)24-19(25-21)12(2)22-14-5-4-6-15(10-14)23-13(3)26/h4-6,10-12,22H,7-9H2,1-3H3,(H,23,26)(H,24,25,27)/t11-,12+/m0/s1. The first-order chi connectivity index (χ1) is 13.4. The van der Waals surface area contributed by atoms with Gasteiger partial charge in [0.25, 0.3) is 5.56 Å². The number of rotatable bonds is 4.